The van der Waals surface area contributed by atoms with E-state index in [0.29, 0.717) is 11.4 Å². The molecule has 0 fully saturated rings. The molecule has 0 unspecified atom stereocenters. The molecule has 4 nitrogen and oxygen atoms in total. The minimum absolute atomic E-state index is 0.244. The molecule has 0 saturated heterocycles. The van der Waals surface area contributed by atoms with Gasteiger partial charge in [-0.25, -0.2) is 0 Å². The summed E-state index contributed by atoms with van der Waals surface area (Å²) >= 11 is 0. The summed E-state index contributed by atoms with van der Waals surface area (Å²) in [5, 5.41) is 8.54. The van der Waals surface area contributed by atoms with Gasteiger partial charge in [-0.05, 0) is 0 Å². The fourth-order valence-electron chi connectivity index (χ4n) is 0.843. The summed E-state index contributed by atoms with van der Waals surface area (Å²) < 4.78 is 0. The number of allylic oxidation sites excluding steroid dienone is 1. The summed E-state index contributed by atoms with van der Waals surface area (Å²) in [5.74, 6) is -0.946. The van der Waals surface area contributed by atoms with Crippen LogP contribution in [0.15, 0.2) is 22.2 Å². The van der Waals surface area contributed by atoms with E-state index in [0.717, 1.165) is 0 Å². The van der Waals surface area contributed by atoms with Gasteiger partial charge in [-0.2, -0.15) is 0 Å². The zero-order valence-electron chi connectivity index (χ0n) is 5.48. The SMILES string of the molecule is O=C(O)C1=BN=C1C1=NC=C1. The second-order valence-electron chi connectivity index (χ2n) is 2.16. The van der Waals surface area contributed by atoms with Crippen molar-refractivity contribution in [2.75, 3.05) is 0 Å². The third kappa shape index (κ3) is 0.773. The Balaban J connectivity index is 2.15. The van der Waals surface area contributed by atoms with Crippen LogP contribution in [0.25, 0.3) is 0 Å². The van der Waals surface area contributed by atoms with E-state index in [1.54, 1.807) is 12.3 Å². The Morgan fingerprint density at radius 2 is 2.36 bits per heavy atom. The minimum atomic E-state index is -0.946. The first-order valence-corrected chi connectivity index (χ1v) is 3.05. The molecule has 0 amide bonds. The van der Waals surface area contributed by atoms with Gasteiger partial charge >= 0.3 is 62.0 Å². The van der Waals surface area contributed by atoms with Gasteiger partial charge in [-0.3, -0.25) is 0 Å². The predicted molar refractivity (Wildman–Crippen MR) is 42.4 cm³/mol. The molecule has 0 spiro atoms. The van der Waals surface area contributed by atoms with E-state index in [1.165, 1.54) is 7.06 Å². The van der Waals surface area contributed by atoms with Gasteiger partial charge in [0.1, 0.15) is 0 Å². The predicted octanol–water partition coefficient (Wildman–Crippen LogP) is -0.714. The molecule has 2 heterocycles. The van der Waals surface area contributed by atoms with Crippen LogP contribution in [0, 0.1) is 0 Å². The first kappa shape index (κ1) is 6.21. The molecule has 0 aromatic carbocycles. The fourth-order valence-corrected chi connectivity index (χ4v) is 0.843. The molecule has 52 valence electrons. The summed E-state index contributed by atoms with van der Waals surface area (Å²) in [6.45, 7) is 0. The molecule has 0 aliphatic carbocycles. The molecule has 0 radical (unpaired) electrons. The number of carbonyl (C=O) groups is 1. The number of rotatable bonds is 2. The molecule has 0 aromatic rings. The average molecular weight is 146 g/mol. The van der Waals surface area contributed by atoms with Gasteiger partial charge in [-0.1, -0.05) is 0 Å². The second-order valence-corrected chi connectivity index (χ2v) is 2.16. The Morgan fingerprint density at radius 1 is 1.64 bits per heavy atom. The molecule has 11 heavy (non-hydrogen) atoms. The van der Waals surface area contributed by atoms with Crippen molar-refractivity contribution < 1.29 is 9.90 Å². The summed E-state index contributed by atoms with van der Waals surface area (Å²) in [7, 11) is 1.33. The van der Waals surface area contributed by atoms with Crippen molar-refractivity contribution in [2.45, 2.75) is 0 Å². The Hall–Kier alpha value is -1.52. The van der Waals surface area contributed by atoms with Crippen LogP contribution >= 0.6 is 0 Å². The molecule has 2 aliphatic rings. The Morgan fingerprint density at radius 3 is 2.64 bits per heavy atom. The first-order valence-electron chi connectivity index (χ1n) is 3.05. The normalized spacial score (nSPS) is 18.4. The summed E-state index contributed by atoms with van der Waals surface area (Å²) in [5.41, 5.74) is 1.39. The van der Waals surface area contributed by atoms with E-state index in [4.69, 9.17) is 5.11 Å². The van der Waals surface area contributed by atoms with Crippen molar-refractivity contribution in [3.63, 3.8) is 0 Å². The monoisotopic (exact) mass is 146 g/mol. The van der Waals surface area contributed by atoms with Gasteiger partial charge in [0, 0.05) is 0 Å². The van der Waals surface area contributed by atoms with E-state index < -0.39 is 5.97 Å². The van der Waals surface area contributed by atoms with Crippen LogP contribution in [0.4, 0.5) is 0 Å². The number of carboxylic acid groups (broad SMARTS) is 1. The van der Waals surface area contributed by atoms with Crippen molar-refractivity contribution in [1.29, 1.82) is 0 Å². The molecule has 0 aromatic heterocycles. The Labute approximate surface area is 62.9 Å². The van der Waals surface area contributed by atoms with E-state index in [-0.39, 0.29) is 5.46 Å². The van der Waals surface area contributed by atoms with Crippen molar-refractivity contribution in [2.24, 2.45) is 9.90 Å². The summed E-state index contributed by atoms with van der Waals surface area (Å²) in [4.78, 5) is 18.0. The molecular formula is C6H3BN2O2. The number of hydrogen-bond acceptors (Lipinski definition) is 3. The van der Waals surface area contributed by atoms with Crippen LogP contribution in [-0.4, -0.2) is 35.0 Å². The number of nitrogens with zero attached hydrogens (tertiary/aromatic N) is 2. The molecule has 2 aliphatic heterocycles. The molecule has 0 saturated carbocycles. The van der Waals surface area contributed by atoms with Crippen LogP contribution in [0.5, 0.6) is 0 Å². The van der Waals surface area contributed by atoms with Crippen molar-refractivity contribution >= 4 is 29.9 Å². The zero-order valence-corrected chi connectivity index (χ0v) is 5.48. The van der Waals surface area contributed by atoms with Crippen molar-refractivity contribution in [1.82, 2.24) is 0 Å². The molecule has 2 rings (SSSR count). The maximum absolute atomic E-state index is 10.4. The number of carboxylic acids is 1. The van der Waals surface area contributed by atoms with E-state index in [2.05, 4.69) is 9.90 Å². The standard InChI is InChI=1S/C6H3BN2O2/c10-6(11)4-5(9-7-4)3-1-2-8-3/h1-2H,(H,10,11). The Kier molecular flexibility index (Phi) is 1.12. The molecular weight excluding hydrogens is 143 g/mol. The quantitative estimate of drug-likeness (QED) is 0.522. The fraction of sp³-hybridized carbons (Fsp3) is 0. The van der Waals surface area contributed by atoms with Crippen LogP contribution in [0.3, 0.4) is 0 Å². The first-order chi connectivity index (χ1) is 5.29. The zero-order chi connectivity index (χ0) is 7.84. The van der Waals surface area contributed by atoms with Crippen LogP contribution < -0.4 is 0 Å². The third-order valence-electron chi connectivity index (χ3n) is 1.50. The van der Waals surface area contributed by atoms with Gasteiger partial charge in [0.15, 0.2) is 0 Å². The molecule has 1 N–H and O–H groups in total. The van der Waals surface area contributed by atoms with Crippen molar-refractivity contribution in [3.8, 4) is 0 Å². The van der Waals surface area contributed by atoms with Crippen LogP contribution in [0.1, 0.15) is 0 Å². The topological polar surface area (TPSA) is 62.0 Å². The van der Waals surface area contributed by atoms with E-state index in [9.17, 15) is 4.79 Å². The molecule has 5 heteroatoms. The van der Waals surface area contributed by atoms with E-state index >= 15 is 0 Å². The van der Waals surface area contributed by atoms with Gasteiger partial charge < -0.3 is 0 Å². The van der Waals surface area contributed by atoms with Gasteiger partial charge in [0.05, 0.1) is 0 Å². The number of hydrogen-bond donors (Lipinski definition) is 1. The van der Waals surface area contributed by atoms with Crippen LogP contribution in [-0.2, 0) is 4.79 Å². The number of aliphatic imine (C=N–C) groups is 1. The van der Waals surface area contributed by atoms with Crippen LogP contribution in [0.2, 0.25) is 0 Å². The van der Waals surface area contributed by atoms with Gasteiger partial charge in [0.25, 0.3) is 0 Å². The summed E-state index contributed by atoms with van der Waals surface area (Å²) in [6.07, 6.45) is 3.34. The third-order valence-corrected chi connectivity index (χ3v) is 1.50. The number of aliphatic carboxylic acids is 1. The van der Waals surface area contributed by atoms with E-state index in [1.807, 2.05) is 0 Å². The van der Waals surface area contributed by atoms with Gasteiger partial charge in [-0.15, -0.1) is 0 Å². The maximum atomic E-state index is 10.4. The van der Waals surface area contributed by atoms with Crippen molar-refractivity contribution in [3.05, 3.63) is 12.3 Å². The van der Waals surface area contributed by atoms with Gasteiger partial charge in [0.2, 0.25) is 0 Å². The summed E-state index contributed by atoms with van der Waals surface area (Å²) in [6, 6.07) is 0. The molecule has 0 atom stereocenters. The second kappa shape index (κ2) is 1.98. The average Bonchev–Trinajstić information content (AvgIpc) is 1.73. The molecule has 0 bridgehead atoms. The Bertz CT molecular complexity index is 352.